The van der Waals surface area contributed by atoms with Gasteiger partial charge in [-0.2, -0.15) is 0 Å². The van der Waals surface area contributed by atoms with Crippen LogP contribution in [0.4, 0.5) is 0 Å². The quantitative estimate of drug-likeness (QED) is 0.350. The highest BCUT2D eigenvalue weighted by Gasteiger charge is 2.23. The number of ether oxygens (including phenoxy) is 1. The van der Waals surface area contributed by atoms with Crippen molar-refractivity contribution in [1.29, 1.82) is 0 Å². The Bertz CT molecular complexity index is 1080. The lowest BCUT2D eigenvalue weighted by molar-refractivity contribution is 0.272. The summed E-state index contributed by atoms with van der Waals surface area (Å²) in [6.45, 7) is 4.91. The third-order valence-electron chi connectivity index (χ3n) is 4.26. The zero-order chi connectivity index (χ0) is 20.7. The number of nitrogens with zero attached hydrogens (tertiary/aromatic N) is 3. The molecule has 0 fully saturated rings. The van der Waals surface area contributed by atoms with E-state index in [2.05, 4.69) is 86.6 Å². The molecule has 0 radical (unpaired) electrons. The number of rotatable bonds is 5. The summed E-state index contributed by atoms with van der Waals surface area (Å²) in [5.74, 6) is 4.24. The van der Waals surface area contributed by atoms with E-state index in [1.165, 1.54) is 0 Å². The third kappa shape index (κ3) is 4.46. The smallest absolute Gasteiger partial charge is 0.206 e. The summed E-state index contributed by atoms with van der Waals surface area (Å²) in [4.78, 5) is 8.90. The summed E-state index contributed by atoms with van der Waals surface area (Å²) in [5, 5.41) is 0.0906. The van der Waals surface area contributed by atoms with Crippen molar-refractivity contribution in [2.45, 2.75) is 24.0 Å². The number of aromatic nitrogens is 3. The molecule has 2 unspecified atom stereocenters. The molecule has 0 aromatic carbocycles. The molecule has 0 saturated heterocycles. The molecule has 3 rings (SSSR count). The van der Waals surface area contributed by atoms with Gasteiger partial charge in [0.25, 0.3) is 0 Å². The predicted molar refractivity (Wildman–Crippen MR) is 132 cm³/mol. The number of pyridine rings is 2. The van der Waals surface area contributed by atoms with Crippen molar-refractivity contribution in [1.82, 2.24) is 14.4 Å². The van der Waals surface area contributed by atoms with E-state index in [4.69, 9.17) is 11.2 Å². The van der Waals surface area contributed by atoms with E-state index in [-0.39, 0.29) is 10.1 Å². The van der Waals surface area contributed by atoms with E-state index >= 15 is 0 Å². The van der Waals surface area contributed by atoms with E-state index in [0.29, 0.717) is 18.2 Å². The van der Waals surface area contributed by atoms with Gasteiger partial charge in [0.15, 0.2) is 0 Å². The third-order valence-corrected chi connectivity index (χ3v) is 4.78. The van der Waals surface area contributed by atoms with Crippen LogP contribution in [0.5, 0.6) is 5.88 Å². The number of imidazole rings is 1. The molecule has 0 aliphatic rings. The lowest BCUT2D eigenvalue weighted by Crippen LogP contribution is -2.19. The molecule has 0 spiro atoms. The second-order valence-corrected chi connectivity index (χ2v) is 11.6. The molecule has 2 atom stereocenters. The number of hydrogen-bond donors (Lipinski definition) is 0. The van der Waals surface area contributed by atoms with Crippen LogP contribution in [0.2, 0.25) is 5.31 Å². The molecule has 0 bridgehead atoms. The fraction of sp³-hybridized carbons (Fsp3) is 0.263. The van der Waals surface area contributed by atoms with E-state index in [0.717, 1.165) is 27.9 Å². The second-order valence-electron chi connectivity index (χ2n) is 8.58. The van der Waals surface area contributed by atoms with Gasteiger partial charge in [-0.1, -0.05) is 26.0 Å². The highest BCUT2D eigenvalue weighted by molar-refractivity contribution is 7.43. The molecule has 0 aliphatic carbocycles. The van der Waals surface area contributed by atoms with Crippen LogP contribution < -0.4 is 10.2 Å². The molecular formula is C19H24B3N3OP2. The second kappa shape index (κ2) is 7.59. The van der Waals surface area contributed by atoms with Crippen LogP contribution in [0.3, 0.4) is 0 Å². The Morgan fingerprint density at radius 3 is 2.54 bits per heavy atom. The van der Waals surface area contributed by atoms with Crippen molar-refractivity contribution in [2.75, 3.05) is 6.61 Å². The first kappa shape index (κ1) is 21.0. The van der Waals surface area contributed by atoms with Crippen LogP contribution in [0, 0.1) is 12.3 Å². The standard InChI is InChI=1S/C19H24B3N3OP2/c1-4-14-15-6-5-11(9-25(15)17(24-14)19(22,27)28)12-7-13(20)16(23-8-12)26-10-18(2,3)21/h1,5-9H,10,20-22,27-28H2,2-3H3. The molecule has 3 aromatic heterocycles. The average Bonchev–Trinajstić information content (AvgIpc) is 2.98. The molecule has 4 nitrogen and oxygen atoms in total. The first-order chi connectivity index (χ1) is 13.0. The Morgan fingerprint density at radius 1 is 1.25 bits per heavy atom. The van der Waals surface area contributed by atoms with Gasteiger partial charge < -0.3 is 9.14 Å². The summed E-state index contributed by atoms with van der Waals surface area (Å²) < 4.78 is 7.95. The van der Waals surface area contributed by atoms with Gasteiger partial charge in [-0.3, -0.25) is 0 Å². The highest BCUT2D eigenvalue weighted by Crippen LogP contribution is 2.36. The van der Waals surface area contributed by atoms with Crippen molar-refractivity contribution in [2.24, 2.45) is 0 Å². The first-order valence-corrected chi connectivity index (χ1v) is 10.3. The highest BCUT2D eigenvalue weighted by atomic mass is 31.1. The number of fused-ring (bicyclic) bond motifs is 1. The Hall–Kier alpha value is -1.75. The molecule has 3 aromatic rings. The van der Waals surface area contributed by atoms with E-state index in [9.17, 15) is 0 Å². The summed E-state index contributed by atoms with van der Waals surface area (Å²) in [7, 11) is 11.8. The van der Waals surface area contributed by atoms with Crippen LogP contribution in [0.1, 0.15) is 25.4 Å². The molecule has 9 heteroatoms. The van der Waals surface area contributed by atoms with E-state index in [1.807, 2.05) is 20.1 Å². The van der Waals surface area contributed by atoms with Crippen LogP contribution in [-0.2, 0) is 4.80 Å². The summed E-state index contributed by atoms with van der Waals surface area (Å²) in [6.07, 6.45) is 9.57. The van der Waals surface area contributed by atoms with Crippen LogP contribution in [0.25, 0.3) is 16.6 Å². The molecule has 0 aliphatic heterocycles. The largest absolute Gasteiger partial charge is 0.478 e. The molecule has 28 heavy (non-hydrogen) atoms. The van der Waals surface area contributed by atoms with Gasteiger partial charge in [0.1, 0.15) is 35.1 Å². The predicted octanol–water partition coefficient (Wildman–Crippen LogP) is 0.340. The van der Waals surface area contributed by atoms with Crippen molar-refractivity contribution in [3.8, 4) is 29.4 Å². The van der Waals surface area contributed by atoms with Gasteiger partial charge >= 0.3 is 0 Å². The van der Waals surface area contributed by atoms with Gasteiger partial charge in [0, 0.05) is 22.8 Å². The molecule has 140 valence electrons. The lowest BCUT2D eigenvalue weighted by Gasteiger charge is -2.19. The van der Waals surface area contributed by atoms with Crippen molar-refractivity contribution in [3.05, 3.63) is 42.1 Å². The summed E-state index contributed by atoms with van der Waals surface area (Å²) >= 11 is 0. The fourth-order valence-corrected chi connectivity index (χ4v) is 3.31. The lowest BCUT2D eigenvalue weighted by atomic mass is 9.73. The zero-order valence-electron chi connectivity index (χ0n) is 17.1. The topological polar surface area (TPSA) is 39.4 Å². The Morgan fingerprint density at radius 2 is 1.96 bits per heavy atom. The summed E-state index contributed by atoms with van der Waals surface area (Å²) in [5.41, 5.74) is 4.66. The van der Waals surface area contributed by atoms with Crippen LogP contribution in [0.15, 0.2) is 30.6 Å². The Labute approximate surface area is 174 Å². The van der Waals surface area contributed by atoms with Gasteiger partial charge in [-0.05, 0) is 28.3 Å². The minimum Gasteiger partial charge on any atom is -0.478 e. The number of hydrogen-bond acceptors (Lipinski definition) is 3. The fourth-order valence-electron chi connectivity index (χ4n) is 2.90. The van der Waals surface area contributed by atoms with E-state index < -0.39 is 0 Å². The molecule has 0 saturated carbocycles. The first-order valence-electron chi connectivity index (χ1n) is 9.16. The maximum absolute atomic E-state index is 5.89. The van der Waals surface area contributed by atoms with Crippen LogP contribution in [-0.4, -0.2) is 44.5 Å². The zero-order valence-corrected chi connectivity index (χ0v) is 19.4. The summed E-state index contributed by atoms with van der Waals surface area (Å²) in [6, 6.07) is 6.17. The number of terminal acetylenes is 1. The van der Waals surface area contributed by atoms with Crippen molar-refractivity contribution < 1.29 is 4.74 Å². The normalized spacial score (nSPS) is 12.1. The van der Waals surface area contributed by atoms with Gasteiger partial charge in [0.05, 0.1) is 12.1 Å². The van der Waals surface area contributed by atoms with Gasteiger partial charge in [0.2, 0.25) is 5.88 Å². The molecule has 3 heterocycles. The Balaban J connectivity index is 2.02. The minimum atomic E-state index is -0.282. The average molecular weight is 405 g/mol. The van der Waals surface area contributed by atoms with Gasteiger partial charge in [-0.15, -0.1) is 24.9 Å². The van der Waals surface area contributed by atoms with Crippen LogP contribution >= 0.6 is 18.5 Å². The molecule has 0 amide bonds. The monoisotopic (exact) mass is 405 g/mol. The maximum atomic E-state index is 5.89. The SMILES string of the molecule is Bc1cc(-c2ccc3c(C#C)nc(C(B)(P)P)n3c2)cnc1OCC(B)(C)C. The molecular weight excluding hydrogens is 381 g/mol. The Kier molecular flexibility index (Phi) is 5.68. The van der Waals surface area contributed by atoms with E-state index in [1.54, 1.807) is 0 Å². The van der Waals surface area contributed by atoms with Crippen molar-refractivity contribution in [3.63, 3.8) is 0 Å². The maximum Gasteiger partial charge on any atom is 0.206 e. The molecule has 0 N–H and O–H groups in total. The minimum absolute atomic E-state index is 0.0906. The van der Waals surface area contributed by atoms with Crippen molar-refractivity contribution >= 4 is 53.0 Å². The van der Waals surface area contributed by atoms with Gasteiger partial charge in [-0.25, -0.2) is 9.97 Å².